The molecule has 2 amide bonds. The number of halogens is 4. The number of amides is 2. The van der Waals surface area contributed by atoms with Gasteiger partial charge in [0.2, 0.25) is 11.8 Å². The molecule has 7 rings (SSSR count). The van der Waals surface area contributed by atoms with Crippen LogP contribution < -0.4 is 10.6 Å². The fraction of sp³-hybridized carbons (Fsp3) is 0.341. The van der Waals surface area contributed by atoms with Gasteiger partial charge in [-0.25, -0.2) is 17.6 Å². The predicted molar refractivity (Wildman–Crippen MR) is 194 cm³/mol. The van der Waals surface area contributed by atoms with Crippen LogP contribution in [0.15, 0.2) is 72.9 Å². The Labute approximate surface area is 305 Å². The summed E-state index contributed by atoms with van der Waals surface area (Å²) in [5.41, 5.74) is 3.13. The van der Waals surface area contributed by atoms with Crippen molar-refractivity contribution in [1.29, 1.82) is 0 Å². The van der Waals surface area contributed by atoms with Gasteiger partial charge in [-0.2, -0.15) is 5.10 Å². The summed E-state index contributed by atoms with van der Waals surface area (Å²) in [6, 6.07) is 18.4. The molecule has 8 nitrogen and oxygen atoms in total. The van der Waals surface area contributed by atoms with E-state index in [0.29, 0.717) is 41.3 Å². The lowest BCUT2D eigenvalue weighted by Crippen LogP contribution is -2.49. The maximum atomic E-state index is 15.5. The van der Waals surface area contributed by atoms with Gasteiger partial charge < -0.3 is 5.32 Å². The van der Waals surface area contributed by atoms with Gasteiger partial charge in [0.1, 0.15) is 11.6 Å². The standard InChI is InChI=1S/C41H40F4N6O2/c1-23(29-8-5-9-31(37(29)43)38(44)45)47-39-32-20-35(46-21-33(32)24(2)49-50-39)27-7-4-6-25(18-27)22-51-16-13-26(14-17-51)30-11-10-28(19-34(30)42)41(3)15-12-36(52)48-40(41)53/h4-11,18-21,23,26,38H,12-17,22H2,1-3H3,(H,47,50)(H,48,52,53)/t23-,41-/m1/s1. The molecule has 0 aliphatic carbocycles. The second kappa shape index (κ2) is 14.7. The lowest BCUT2D eigenvalue weighted by molar-refractivity contribution is -0.137. The first-order valence-electron chi connectivity index (χ1n) is 17.8. The maximum Gasteiger partial charge on any atom is 0.266 e. The molecular formula is C41H40F4N6O2. The molecule has 5 aromatic rings. The average molecular weight is 725 g/mol. The molecule has 4 heterocycles. The minimum atomic E-state index is -2.93. The molecule has 2 fully saturated rings. The molecule has 0 unspecified atom stereocenters. The molecule has 2 aliphatic rings. The minimum absolute atomic E-state index is 0.0600. The first-order valence-corrected chi connectivity index (χ1v) is 17.8. The normalized spacial score (nSPS) is 19.1. The van der Waals surface area contributed by atoms with Crippen LogP contribution in [-0.4, -0.2) is 45.0 Å². The van der Waals surface area contributed by atoms with Crippen molar-refractivity contribution in [3.8, 4) is 11.3 Å². The summed E-state index contributed by atoms with van der Waals surface area (Å²) in [5.74, 6) is -1.50. The fourth-order valence-corrected chi connectivity index (χ4v) is 7.56. The van der Waals surface area contributed by atoms with E-state index in [1.807, 2.05) is 31.2 Å². The van der Waals surface area contributed by atoms with Crippen molar-refractivity contribution < 1.29 is 27.2 Å². The van der Waals surface area contributed by atoms with E-state index in [-0.39, 0.29) is 35.5 Å². The number of aromatic nitrogens is 3. The molecule has 3 aromatic carbocycles. The van der Waals surface area contributed by atoms with Crippen molar-refractivity contribution in [1.82, 2.24) is 25.4 Å². The smallest absolute Gasteiger partial charge is 0.266 e. The number of carbonyl (C=O) groups is 2. The van der Waals surface area contributed by atoms with Gasteiger partial charge in [-0.15, -0.1) is 5.10 Å². The van der Waals surface area contributed by atoms with E-state index in [0.717, 1.165) is 53.9 Å². The van der Waals surface area contributed by atoms with Crippen molar-refractivity contribution in [3.05, 3.63) is 118 Å². The summed E-state index contributed by atoms with van der Waals surface area (Å²) in [4.78, 5) is 31.3. The fourth-order valence-electron chi connectivity index (χ4n) is 7.56. The second-order valence-electron chi connectivity index (χ2n) is 14.4. The van der Waals surface area contributed by atoms with E-state index < -0.39 is 29.3 Å². The number of imide groups is 1. The van der Waals surface area contributed by atoms with E-state index in [1.165, 1.54) is 18.2 Å². The van der Waals surface area contributed by atoms with Gasteiger partial charge in [0.25, 0.3) is 6.43 Å². The average Bonchev–Trinajstić information content (AvgIpc) is 3.15. The number of likely N-dealkylation sites (tertiary alicyclic amines) is 1. The molecule has 2 atom stereocenters. The quantitative estimate of drug-likeness (QED) is 0.116. The topological polar surface area (TPSA) is 100 Å². The molecule has 53 heavy (non-hydrogen) atoms. The number of anilines is 1. The van der Waals surface area contributed by atoms with Crippen LogP contribution in [0.25, 0.3) is 22.0 Å². The Morgan fingerprint density at radius 2 is 1.72 bits per heavy atom. The summed E-state index contributed by atoms with van der Waals surface area (Å²) in [5, 5.41) is 15.6. The number of rotatable bonds is 9. The first-order chi connectivity index (χ1) is 25.4. The molecule has 2 aromatic heterocycles. The third kappa shape index (κ3) is 7.24. The monoisotopic (exact) mass is 724 g/mol. The Morgan fingerprint density at radius 3 is 2.45 bits per heavy atom. The third-order valence-electron chi connectivity index (χ3n) is 10.9. The van der Waals surface area contributed by atoms with Crippen LogP contribution in [0.2, 0.25) is 0 Å². The van der Waals surface area contributed by atoms with E-state index in [4.69, 9.17) is 4.98 Å². The van der Waals surface area contributed by atoms with Gasteiger partial charge in [0, 0.05) is 41.1 Å². The van der Waals surface area contributed by atoms with Crippen LogP contribution in [0.1, 0.15) is 91.4 Å². The van der Waals surface area contributed by atoms with Crippen molar-refractivity contribution in [2.24, 2.45) is 0 Å². The van der Waals surface area contributed by atoms with Crippen LogP contribution >= 0.6 is 0 Å². The number of alkyl halides is 2. The molecule has 0 spiro atoms. The van der Waals surface area contributed by atoms with Gasteiger partial charge in [0.05, 0.1) is 28.4 Å². The van der Waals surface area contributed by atoms with Gasteiger partial charge in [-0.05, 0) is 93.9 Å². The molecule has 12 heteroatoms. The molecule has 0 bridgehead atoms. The summed E-state index contributed by atoms with van der Waals surface area (Å²) >= 11 is 0. The van der Waals surface area contributed by atoms with Crippen molar-refractivity contribution in [2.45, 2.75) is 76.8 Å². The Kier molecular flexibility index (Phi) is 9.99. The van der Waals surface area contributed by atoms with Gasteiger partial charge in [-0.1, -0.05) is 48.5 Å². The van der Waals surface area contributed by atoms with Crippen molar-refractivity contribution in [3.63, 3.8) is 0 Å². The highest BCUT2D eigenvalue weighted by molar-refractivity contribution is 6.03. The molecule has 0 radical (unpaired) electrons. The Hall–Kier alpha value is -5.23. The largest absolute Gasteiger partial charge is 0.361 e. The summed E-state index contributed by atoms with van der Waals surface area (Å²) < 4.78 is 57.2. The van der Waals surface area contributed by atoms with E-state index in [2.05, 4.69) is 37.9 Å². The number of benzene rings is 3. The highest BCUT2D eigenvalue weighted by atomic mass is 19.3. The lowest BCUT2D eigenvalue weighted by Gasteiger charge is -2.34. The highest BCUT2D eigenvalue weighted by Gasteiger charge is 2.40. The number of pyridine rings is 1. The number of piperidine rings is 2. The molecule has 2 aliphatic heterocycles. The Morgan fingerprint density at radius 1 is 0.962 bits per heavy atom. The number of hydrogen-bond acceptors (Lipinski definition) is 7. The third-order valence-corrected chi connectivity index (χ3v) is 10.9. The van der Waals surface area contributed by atoms with Crippen LogP contribution in [0.4, 0.5) is 23.4 Å². The number of nitrogens with zero attached hydrogens (tertiary/aromatic N) is 4. The van der Waals surface area contributed by atoms with Crippen LogP contribution in [0, 0.1) is 18.6 Å². The van der Waals surface area contributed by atoms with Gasteiger partial charge in [-0.3, -0.25) is 24.8 Å². The number of nitrogens with one attached hydrogen (secondary N) is 2. The van der Waals surface area contributed by atoms with Crippen LogP contribution in [0.5, 0.6) is 0 Å². The Balaban J connectivity index is 1.04. The number of hydrogen-bond donors (Lipinski definition) is 2. The van der Waals surface area contributed by atoms with Gasteiger partial charge in [0.15, 0.2) is 5.82 Å². The first kappa shape index (κ1) is 36.1. The maximum absolute atomic E-state index is 15.5. The van der Waals surface area contributed by atoms with Crippen molar-refractivity contribution in [2.75, 3.05) is 18.4 Å². The Bertz CT molecular complexity index is 2210. The summed E-state index contributed by atoms with van der Waals surface area (Å²) in [7, 11) is 0. The molecule has 2 saturated heterocycles. The van der Waals surface area contributed by atoms with E-state index in [9.17, 15) is 22.8 Å². The van der Waals surface area contributed by atoms with Crippen LogP contribution in [0.3, 0.4) is 0 Å². The molecule has 2 N–H and O–H groups in total. The second-order valence-corrected chi connectivity index (χ2v) is 14.4. The zero-order chi connectivity index (χ0) is 37.4. The summed E-state index contributed by atoms with van der Waals surface area (Å²) in [6.07, 6.45) is 0.969. The minimum Gasteiger partial charge on any atom is -0.361 e. The zero-order valence-corrected chi connectivity index (χ0v) is 29.7. The highest BCUT2D eigenvalue weighted by Crippen LogP contribution is 2.37. The molecular weight excluding hydrogens is 684 g/mol. The van der Waals surface area contributed by atoms with Crippen molar-refractivity contribution >= 4 is 28.4 Å². The zero-order valence-electron chi connectivity index (χ0n) is 29.7. The SMILES string of the molecule is Cc1nnc(N[C@H](C)c2cccc(C(F)F)c2F)c2cc(-c3cccc(CN4CCC(c5ccc([C@@]6(C)CCC(=O)NC6=O)cc5F)CC4)c3)ncc12. The van der Waals surface area contributed by atoms with E-state index >= 15 is 4.39 Å². The number of carbonyl (C=O) groups excluding carboxylic acids is 2. The molecule has 274 valence electrons. The predicted octanol–water partition coefficient (Wildman–Crippen LogP) is 8.46. The molecule has 0 saturated carbocycles. The van der Waals surface area contributed by atoms with E-state index in [1.54, 1.807) is 26.1 Å². The number of aryl methyl sites for hydroxylation is 1. The van der Waals surface area contributed by atoms with Gasteiger partial charge >= 0.3 is 0 Å². The summed E-state index contributed by atoms with van der Waals surface area (Å²) in [6.45, 7) is 7.55. The van der Waals surface area contributed by atoms with Crippen LogP contribution in [-0.2, 0) is 21.5 Å². The lowest BCUT2D eigenvalue weighted by atomic mass is 9.75. The number of fused-ring (bicyclic) bond motifs is 1.